The zero-order valence-electron chi connectivity index (χ0n) is 12.1. The van der Waals surface area contributed by atoms with Gasteiger partial charge in [-0.05, 0) is 29.8 Å². The molecule has 22 heavy (non-hydrogen) atoms. The highest BCUT2D eigenvalue weighted by Crippen LogP contribution is 2.35. The molecule has 0 saturated heterocycles. The van der Waals surface area contributed by atoms with Crippen molar-refractivity contribution in [2.45, 2.75) is 10.9 Å². The summed E-state index contributed by atoms with van der Waals surface area (Å²) in [7, 11) is 3.26. The fraction of sp³-hybridized carbons (Fsp3) is 0.200. The second kappa shape index (κ2) is 6.58. The van der Waals surface area contributed by atoms with Gasteiger partial charge >= 0.3 is 0 Å². The Balaban J connectivity index is 1.84. The second-order valence-electron chi connectivity index (χ2n) is 4.50. The Kier molecular flexibility index (Phi) is 4.54. The number of fused-ring (bicyclic) bond motifs is 1. The van der Waals surface area contributed by atoms with Crippen LogP contribution in [0.3, 0.4) is 0 Å². The van der Waals surface area contributed by atoms with Crippen LogP contribution in [0.2, 0.25) is 0 Å². The van der Waals surface area contributed by atoms with E-state index in [-0.39, 0.29) is 0 Å². The summed E-state index contributed by atoms with van der Waals surface area (Å²) in [5.74, 6) is 2.17. The third kappa shape index (κ3) is 2.91. The average molecular weight is 380 g/mol. The highest BCUT2D eigenvalue weighted by atomic mass is 79.9. The molecule has 2 heterocycles. The number of methoxy groups -OCH3 is 2. The van der Waals surface area contributed by atoms with E-state index in [0.29, 0.717) is 11.5 Å². The molecule has 7 heteroatoms. The average Bonchev–Trinajstić information content (AvgIpc) is 2.96. The third-order valence-corrected chi connectivity index (χ3v) is 4.92. The van der Waals surface area contributed by atoms with E-state index < -0.39 is 0 Å². The topological polar surface area (TPSA) is 48.7 Å². The number of benzene rings is 1. The van der Waals surface area contributed by atoms with E-state index in [1.165, 1.54) is 0 Å². The summed E-state index contributed by atoms with van der Waals surface area (Å²) in [4.78, 5) is 0. The van der Waals surface area contributed by atoms with Gasteiger partial charge in [-0.15, -0.1) is 10.2 Å². The van der Waals surface area contributed by atoms with Gasteiger partial charge in [0.2, 0.25) is 0 Å². The summed E-state index contributed by atoms with van der Waals surface area (Å²) in [6, 6.07) is 9.73. The van der Waals surface area contributed by atoms with Crippen molar-refractivity contribution in [2.24, 2.45) is 0 Å². The first-order chi connectivity index (χ1) is 10.7. The minimum atomic E-state index is 0.705. The molecule has 0 aliphatic heterocycles. The Bertz CT molecular complexity index is 807. The van der Waals surface area contributed by atoms with Crippen LogP contribution in [0.25, 0.3) is 5.65 Å². The Morgan fingerprint density at radius 3 is 2.68 bits per heavy atom. The summed E-state index contributed by atoms with van der Waals surface area (Å²) >= 11 is 5.19. The van der Waals surface area contributed by atoms with Crippen molar-refractivity contribution in [3.8, 4) is 11.5 Å². The van der Waals surface area contributed by atoms with Crippen molar-refractivity contribution in [2.75, 3.05) is 14.2 Å². The lowest BCUT2D eigenvalue weighted by molar-refractivity contribution is 0.354. The van der Waals surface area contributed by atoms with Crippen LogP contribution in [0.1, 0.15) is 5.56 Å². The number of thioether (sulfide) groups is 1. The van der Waals surface area contributed by atoms with Gasteiger partial charge in [-0.25, -0.2) is 0 Å². The van der Waals surface area contributed by atoms with Gasteiger partial charge < -0.3 is 9.47 Å². The lowest BCUT2D eigenvalue weighted by atomic mass is 10.2. The highest BCUT2D eigenvalue weighted by molar-refractivity contribution is 9.10. The fourth-order valence-corrected chi connectivity index (χ4v) is 3.63. The number of nitrogens with zero attached hydrogens (tertiary/aromatic N) is 3. The van der Waals surface area contributed by atoms with E-state index in [4.69, 9.17) is 9.47 Å². The third-order valence-electron chi connectivity index (χ3n) is 3.19. The quantitative estimate of drug-likeness (QED) is 0.631. The molecule has 0 atom stereocenters. The second-order valence-corrected chi connectivity index (χ2v) is 6.30. The van der Waals surface area contributed by atoms with E-state index >= 15 is 0 Å². The maximum Gasteiger partial charge on any atom is 0.195 e. The lowest BCUT2D eigenvalue weighted by Gasteiger charge is -2.11. The summed E-state index contributed by atoms with van der Waals surface area (Å²) in [5.41, 5.74) is 1.95. The van der Waals surface area contributed by atoms with Crippen molar-refractivity contribution in [1.29, 1.82) is 0 Å². The Labute approximate surface area is 140 Å². The maximum absolute atomic E-state index is 5.35. The van der Waals surface area contributed by atoms with Crippen molar-refractivity contribution >= 4 is 33.3 Å². The van der Waals surface area contributed by atoms with Crippen LogP contribution in [0, 0.1) is 0 Å². The van der Waals surface area contributed by atoms with E-state index in [1.807, 2.05) is 40.9 Å². The van der Waals surface area contributed by atoms with Gasteiger partial charge in [-0.1, -0.05) is 33.8 Å². The predicted molar refractivity (Wildman–Crippen MR) is 89.8 cm³/mol. The Morgan fingerprint density at radius 1 is 1.14 bits per heavy atom. The molecule has 3 aromatic rings. The van der Waals surface area contributed by atoms with Crippen LogP contribution in [0.5, 0.6) is 11.5 Å². The van der Waals surface area contributed by atoms with Crippen LogP contribution in [-0.4, -0.2) is 28.8 Å². The minimum absolute atomic E-state index is 0.705. The highest BCUT2D eigenvalue weighted by Gasteiger charge is 2.12. The zero-order chi connectivity index (χ0) is 15.5. The van der Waals surface area contributed by atoms with Crippen LogP contribution < -0.4 is 9.47 Å². The number of halogens is 1. The van der Waals surface area contributed by atoms with Gasteiger partial charge in [0, 0.05) is 16.4 Å². The number of hydrogen-bond donors (Lipinski definition) is 0. The van der Waals surface area contributed by atoms with Crippen molar-refractivity contribution in [3.63, 3.8) is 0 Å². The molecule has 0 aliphatic rings. The van der Waals surface area contributed by atoms with Crippen LogP contribution in [0.4, 0.5) is 0 Å². The minimum Gasteiger partial charge on any atom is -0.493 e. The Hall–Kier alpha value is -1.73. The number of aromatic nitrogens is 3. The van der Waals surface area contributed by atoms with Gasteiger partial charge in [-0.2, -0.15) is 0 Å². The smallest absolute Gasteiger partial charge is 0.195 e. The van der Waals surface area contributed by atoms with Gasteiger partial charge in [-0.3, -0.25) is 4.40 Å². The van der Waals surface area contributed by atoms with Crippen molar-refractivity contribution in [3.05, 3.63) is 46.6 Å². The molecule has 0 fully saturated rings. The zero-order valence-corrected chi connectivity index (χ0v) is 14.5. The monoisotopic (exact) mass is 379 g/mol. The summed E-state index contributed by atoms with van der Waals surface area (Å²) in [6.07, 6.45) is 1.96. The SMILES string of the molecule is COc1cc(Br)c(CSc2nnc3ccccn23)cc1OC. The molecule has 2 aromatic heterocycles. The van der Waals surface area contributed by atoms with Crippen LogP contribution in [-0.2, 0) is 5.75 Å². The Morgan fingerprint density at radius 2 is 1.91 bits per heavy atom. The molecule has 5 nitrogen and oxygen atoms in total. The molecule has 3 rings (SSSR count). The summed E-state index contributed by atoms with van der Waals surface area (Å²) in [6.45, 7) is 0. The number of rotatable bonds is 5. The van der Waals surface area contributed by atoms with E-state index in [0.717, 1.165) is 26.6 Å². The van der Waals surface area contributed by atoms with Gasteiger partial charge in [0.05, 0.1) is 14.2 Å². The van der Waals surface area contributed by atoms with Crippen molar-refractivity contribution in [1.82, 2.24) is 14.6 Å². The van der Waals surface area contributed by atoms with Gasteiger partial charge in [0.1, 0.15) is 0 Å². The first-order valence-electron chi connectivity index (χ1n) is 6.56. The normalized spacial score (nSPS) is 10.9. The molecule has 0 spiro atoms. The van der Waals surface area contributed by atoms with Crippen LogP contribution in [0.15, 0.2) is 46.2 Å². The van der Waals surface area contributed by atoms with E-state index in [1.54, 1.807) is 26.0 Å². The molecule has 0 aliphatic carbocycles. The summed E-state index contributed by atoms with van der Waals surface area (Å²) in [5, 5.41) is 9.23. The van der Waals surface area contributed by atoms with E-state index in [2.05, 4.69) is 26.1 Å². The van der Waals surface area contributed by atoms with Crippen LogP contribution >= 0.6 is 27.7 Å². The molecule has 0 unspecified atom stereocenters. The molecule has 0 N–H and O–H groups in total. The standard InChI is InChI=1S/C15H14BrN3O2S/c1-20-12-7-10(11(16)8-13(12)21-2)9-22-15-18-17-14-5-3-4-6-19(14)15/h3-8H,9H2,1-2H3. The maximum atomic E-state index is 5.35. The van der Waals surface area contributed by atoms with Gasteiger partial charge in [0.25, 0.3) is 0 Å². The fourth-order valence-electron chi connectivity index (χ4n) is 2.07. The van der Waals surface area contributed by atoms with Crippen molar-refractivity contribution < 1.29 is 9.47 Å². The molecule has 0 saturated carbocycles. The summed E-state index contributed by atoms with van der Waals surface area (Å²) < 4.78 is 13.6. The molecule has 0 bridgehead atoms. The predicted octanol–water partition coefficient (Wildman–Crippen LogP) is 3.80. The van der Waals surface area contributed by atoms with E-state index in [9.17, 15) is 0 Å². The number of hydrogen-bond acceptors (Lipinski definition) is 5. The molecule has 0 radical (unpaired) electrons. The lowest BCUT2D eigenvalue weighted by Crippen LogP contribution is -1.94. The first-order valence-corrected chi connectivity index (χ1v) is 8.33. The first kappa shape index (κ1) is 15.2. The molecular formula is C15H14BrN3O2S. The molecular weight excluding hydrogens is 366 g/mol. The number of pyridine rings is 1. The molecule has 0 amide bonds. The molecule has 114 valence electrons. The molecule has 1 aromatic carbocycles. The largest absolute Gasteiger partial charge is 0.493 e. The number of ether oxygens (including phenoxy) is 2. The van der Waals surface area contributed by atoms with Gasteiger partial charge in [0.15, 0.2) is 22.3 Å².